The van der Waals surface area contributed by atoms with Gasteiger partial charge in [-0.3, -0.25) is 0 Å². The third kappa shape index (κ3) is 1.93. The number of pyridine rings is 1. The van der Waals surface area contributed by atoms with E-state index < -0.39 is 0 Å². The minimum atomic E-state index is 0.846. The van der Waals surface area contributed by atoms with Gasteiger partial charge in [-0.05, 0) is 45.8 Å². The number of rotatable bonds is 2. The summed E-state index contributed by atoms with van der Waals surface area (Å²) in [5.74, 6) is 0.846. The van der Waals surface area contributed by atoms with Crippen molar-refractivity contribution in [3.8, 4) is 0 Å². The van der Waals surface area contributed by atoms with E-state index in [1.165, 1.54) is 10.9 Å². The predicted molar refractivity (Wildman–Crippen MR) is 67.0 cm³/mol. The first-order valence-corrected chi connectivity index (χ1v) is 5.89. The van der Waals surface area contributed by atoms with Crippen molar-refractivity contribution in [2.24, 2.45) is 0 Å². The molecule has 1 heterocycles. The molecule has 0 aliphatic rings. The molecule has 14 heavy (non-hydrogen) atoms. The van der Waals surface area contributed by atoms with Crippen molar-refractivity contribution in [3.05, 3.63) is 40.5 Å². The highest BCUT2D eigenvalue weighted by Crippen LogP contribution is 2.21. The maximum absolute atomic E-state index is 4.48. The molecule has 0 atom stereocenters. The summed E-state index contributed by atoms with van der Waals surface area (Å²) in [4.78, 5) is 4.48. The number of halogens is 1. The third-order valence-corrected chi connectivity index (χ3v) is 3.04. The first kappa shape index (κ1) is 9.99. The highest BCUT2D eigenvalue weighted by Gasteiger charge is 2.02. The van der Waals surface area contributed by atoms with E-state index in [0.717, 1.165) is 22.3 Å². The van der Waals surface area contributed by atoms with E-state index in [4.69, 9.17) is 0 Å². The molecule has 1 aromatic carbocycles. The van der Waals surface area contributed by atoms with Crippen molar-refractivity contribution in [2.75, 3.05) is 5.75 Å². The van der Waals surface area contributed by atoms with Crippen molar-refractivity contribution < 1.29 is 0 Å². The zero-order valence-corrected chi connectivity index (χ0v) is 10.1. The van der Waals surface area contributed by atoms with Crippen LogP contribution < -0.4 is 0 Å². The minimum absolute atomic E-state index is 0.846. The Hall–Kier alpha value is -0.540. The first-order chi connectivity index (χ1) is 6.81. The number of fused-ring (bicyclic) bond motifs is 1. The summed E-state index contributed by atoms with van der Waals surface area (Å²) in [7, 11) is 0. The molecule has 0 aliphatic carbocycles. The molecule has 72 valence electrons. The van der Waals surface area contributed by atoms with Crippen LogP contribution in [-0.2, 0) is 6.42 Å². The number of nitrogens with zero attached hydrogens (tertiary/aromatic N) is 1. The van der Waals surface area contributed by atoms with Gasteiger partial charge in [0.25, 0.3) is 0 Å². The lowest BCUT2D eigenvalue weighted by Crippen LogP contribution is -1.91. The normalized spacial score (nSPS) is 10.7. The van der Waals surface area contributed by atoms with Crippen LogP contribution in [0.3, 0.4) is 0 Å². The van der Waals surface area contributed by atoms with E-state index >= 15 is 0 Å². The Labute approximate surface area is 97.1 Å². The number of para-hydroxylation sites is 1. The smallest absolute Gasteiger partial charge is 0.110 e. The highest BCUT2D eigenvalue weighted by atomic mass is 79.9. The lowest BCUT2D eigenvalue weighted by atomic mass is 10.1. The highest BCUT2D eigenvalue weighted by molar-refractivity contribution is 9.10. The van der Waals surface area contributed by atoms with Gasteiger partial charge in [-0.2, -0.15) is 12.6 Å². The van der Waals surface area contributed by atoms with E-state index in [-0.39, 0.29) is 0 Å². The Morgan fingerprint density at radius 2 is 2.07 bits per heavy atom. The van der Waals surface area contributed by atoms with Gasteiger partial charge in [0.2, 0.25) is 0 Å². The van der Waals surface area contributed by atoms with Crippen LogP contribution in [0.5, 0.6) is 0 Å². The maximum atomic E-state index is 4.48. The fourth-order valence-corrected chi connectivity index (χ4v) is 2.18. The van der Waals surface area contributed by atoms with Gasteiger partial charge in [-0.15, -0.1) is 0 Å². The minimum Gasteiger partial charge on any atom is -0.241 e. The third-order valence-electron chi connectivity index (χ3n) is 2.13. The molecule has 0 unspecified atom stereocenters. The fraction of sp³-hybridized carbons (Fsp3) is 0.182. The molecular formula is C11H10BrNS. The second kappa shape index (κ2) is 4.32. The van der Waals surface area contributed by atoms with Crippen LogP contribution in [0, 0.1) is 0 Å². The monoisotopic (exact) mass is 267 g/mol. The summed E-state index contributed by atoms with van der Waals surface area (Å²) in [5.41, 5.74) is 2.25. The molecule has 0 amide bonds. The van der Waals surface area contributed by atoms with Gasteiger partial charge < -0.3 is 0 Å². The van der Waals surface area contributed by atoms with Crippen LogP contribution in [0.15, 0.2) is 34.9 Å². The van der Waals surface area contributed by atoms with Crippen molar-refractivity contribution in [2.45, 2.75) is 6.42 Å². The molecule has 1 nitrogen and oxygen atoms in total. The molecule has 0 saturated carbocycles. The number of hydrogen-bond donors (Lipinski definition) is 1. The van der Waals surface area contributed by atoms with Gasteiger partial charge in [0.1, 0.15) is 4.60 Å². The Balaban J connectivity index is 2.59. The first-order valence-electron chi connectivity index (χ1n) is 4.46. The van der Waals surface area contributed by atoms with Crippen LogP contribution in [0.2, 0.25) is 0 Å². The average molecular weight is 268 g/mol. The molecule has 1 aromatic heterocycles. The number of hydrogen-bond acceptors (Lipinski definition) is 2. The number of aryl methyl sites for hydroxylation is 1. The Morgan fingerprint density at radius 3 is 2.86 bits per heavy atom. The maximum Gasteiger partial charge on any atom is 0.110 e. The second-order valence-electron chi connectivity index (χ2n) is 3.10. The molecule has 2 rings (SSSR count). The van der Waals surface area contributed by atoms with Crippen LogP contribution in [-0.4, -0.2) is 10.7 Å². The van der Waals surface area contributed by atoms with E-state index in [2.05, 4.69) is 45.7 Å². The quantitative estimate of drug-likeness (QED) is 0.650. The Morgan fingerprint density at radius 1 is 1.29 bits per heavy atom. The standard InChI is InChI=1S/C11H10BrNS/c12-11-9(5-6-14)7-8-3-1-2-4-10(8)13-11/h1-4,7,14H,5-6H2. The lowest BCUT2D eigenvalue weighted by Gasteiger charge is -2.04. The van der Waals surface area contributed by atoms with Crippen molar-refractivity contribution in [3.63, 3.8) is 0 Å². The van der Waals surface area contributed by atoms with Crippen molar-refractivity contribution >= 4 is 39.5 Å². The summed E-state index contributed by atoms with van der Waals surface area (Å²) < 4.78 is 0.935. The topological polar surface area (TPSA) is 12.9 Å². The summed E-state index contributed by atoms with van der Waals surface area (Å²) in [6, 6.07) is 10.3. The molecule has 0 bridgehead atoms. The van der Waals surface area contributed by atoms with Crippen LogP contribution in [0.1, 0.15) is 5.56 Å². The van der Waals surface area contributed by atoms with Crippen LogP contribution in [0.4, 0.5) is 0 Å². The molecule has 0 N–H and O–H groups in total. The van der Waals surface area contributed by atoms with Gasteiger partial charge in [0.15, 0.2) is 0 Å². The van der Waals surface area contributed by atoms with Crippen molar-refractivity contribution in [1.29, 1.82) is 0 Å². The largest absolute Gasteiger partial charge is 0.241 e. The summed E-state index contributed by atoms with van der Waals surface area (Å²) in [6.45, 7) is 0. The molecule has 0 radical (unpaired) electrons. The number of aromatic nitrogens is 1. The van der Waals surface area contributed by atoms with E-state index in [9.17, 15) is 0 Å². The predicted octanol–water partition coefficient (Wildman–Crippen LogP) is 3.47. The summed E-state index contributed by atoms with van der Waals surface area (Å²) in [5, 5.41) is 1.19. The molecule has 0 fully saturated rings. The lowest BCUT2D eigenvalue weighted by molar-refractivity contribution is 1.11. The fourth-order valence-electron chi connectivity index (χ4n) is 1.43. The van der Waals surface area contributed by atoms with Gasteiger partial charge in [0.05, 0.1) is 5.52 Å². The molecule has 0 saturated heterocycles. The van der Waals surface area contributed by atoms with Crippen molar-refractivity contribution in [1.82, 2.24) is 4.98 Å². The zero-order chi connectivity index (χ0) is 9.97. The average Bonchev–Trinajstić information content (AvgIpc) is 2.19. The molecule has 3 heteroatoms. The summed E-state index contributed by atoms with van der Waals surface area (Å²) in [6.07, 6.45) is 0.946. The van der Waals surface area contributed by atoms with Crippen LogP contribution >= 0.6 is 28.6 Å². The summed E-state index contributed by atoms with van der Waals surface area (Å²) >= 11 is 7.70. The van der Waals surface area contributed by atoms with E-state index in [0.29, 0.717) is 0 Å². The Bertz CT molecular complexity index is 456. The molecule has 0 spiro atoms. The second-order valence-corrected chi connectivity index (χ2v) is 4.30. The van der Waals surface area contributed by atoms with E-state index in [1.807, 2.05) is 18.2 Å². The Kier molecular flexibility index (Phi) is 3.08. The van der Waals surface area contributed by atoms with Gasteiger partial charge in [-0.1, -0.05) is 18.2 Å². The van der Waals surface area contributed by atoms with Crippen LogP contribution in [0.25, 0.3) is 10.9 Å². The molecular weight excluding hydrogens is 258 g/mol. The van der Waals surface area contributed by atoms with E-state index in [1.54, 1.807) is 0 Å². The molecule has 2 aromatic rings. The van der Waals surface area contributed by atoms with Gasteiger partial charge in [-0.25, -0.2) is 4.98 Å². The van der Waals surface area contributed by atoms with Gasteiger partial charge in [0, 0.05) is 5.39 Å². The SMILES string of the molecule is SCCc1cc2ccccc2nc1Br. The number of thiol groups is 1. The number of benzene rings is 1. The van der Waals surface area contributed by atoms with Gasteiger partial charge >= 0.3 is 0 Å². The zero-order valence-electron chi connectivity index (χ0n) is 7.57. The molecule has 0 aliphatic heterocycles.